The van der Waals surface area contributed by atoms with Crippen molar-refractivity contribution in [1.82, 2.24) is 0 Å². The van der Waals surface area contributed by atoms with Crippen molar-refractivity contribution in [3.05, 3.63) is 58.7 Å². The average molecular weight is 308 g/mol. The minimum Gasteiger partial charge on any atom is -0.398 e. The van der Waals surface area contributed by atoms with E-state index in [4.69, 9.17) is 5.73 Å². The molecule has 4 nitrogen and oxygen atoms in total. The zero-order chi connectivity index (χ0) is 16.4. The number of hydrogen-bond donors (Lipinski definition) is 2. The predicted molar refractivity (Wildman–Crippen MR) is 92.2 cm³/mol. The summed E-state index contributed by atoms with van der Waals surface area (Å²) in [5.74, 6) is -0.314. The van der Waals surface area contributed by atoms with Gasteiger partial charge in [-0.2, -0.15) is 0 Å². The lowest BCUT2D eigenvalue weighted by Crippen LogP contribution is -2.24. The van der Waals surface area contributed by atoms with Gasteiger partial charge in [0.2, 0.25) is 0 Å². The Bertz CT molecular complexity index is 781. The van der Waals surface area contributed by atoms with Gasteiger partial charge in [-0.25, -0.2) is 0 Å². The van der Waals surface area contributed by atoms with Gasteiger partial charge < -0.3 is 11.1 Å². The fourth-order valence-electron chi connectivity index (χ4n) is 2.99. The summed E-state index contributed by atoms with van der Waals surface area (Å²) >= 11 is 0. The number of nitrogens with one attached hydrogen (secondary N) is 1. The van der Waals surface area contributed by atoms with Gasteiger partial charge in [0.1, 0.15) is 0 Å². The van der Waals surface area contributed by atoms with Crippen molar-refractivity contribution in [1.29, 1.82) is 0 Å². The Morgan fingerprint density at radius 3 is 2.22 bits per heavy atom. The van der Waals surface area contributed by atoms with Crippen molar-refractivity contribution >= 4 is 22.9 Å². The number of hydrogen-bond acceptors (Lipinski definition) is 4. The van der Waals surface area contributed by atoms with E-state index in [0.717, 1.165) is 25.8 Å². The topological polar surface area (TPSA) is 72.2 Å². The largest absolute Gasteiger partial charge is 0.398 e. The van der Waals surface area contributed by atoms with Crippen LogP contribution in [0.25, 0.3) is 0 Å². The van der Waals surface area contributed by atoms with E-state index in [9.17, 15) is 9.59 Å². The third-order valence-electron chi connectivity index (χ3n) is 4.20. The first kappa shape index (κ1) is 15.3. The summed E-state index contributed by atoms with van der Waals surface area (Å²) in [6.07, 6.45) is 3.28. The molecular formula is C19H20N2O2. The van der Waals surface area contributed by atoms with E-state index >= 15 is 0 Å². The Hall–Kier alpha value is -2.62. The van der Waals surface area contributed by atoms with Crippen molar-refractivity contribution in [3.8, 4) is 0 Å². The molecule has 23 heavy (non-hydrogen) atoms. The first-order valence-electron chi connectivity index (χ1n) is 8.00. The van der Waals surface area contributed by atoms with E-state index in [2.05, 4.69) is 12.2 Å². The van der Waals surface area contributed by atoms with Gasteiger partial charge in [0.15, 0.2) is 11.6 Å². The molecule has 0 radical (unpaired) electrons. The van der Waals surface area contributed by atoms with Crippen LogP contribution in [-0.4, -0.2) is 18.1 Å². The van der Waals surface area contributed by atoms with Crippen LogP contribution in [0.5, 0.6) is 0 Å². The molecule has 0 amide bonds. The van der Waals surface area contributed by atoms with Crippen LogP contribution in [0, 0.1) is 0 Å². The van der Waals surface area contributed by atoms with E-state index in [0.29, 0.717) is 33.6 Å². The summed E-state index contributed by atoms with van der Waals surface area (Å²) < 4.78 is 0. The van der Waals surface area contributed by atoms with E-state index in [1.165, 1.54) is 0 Å². The van der Waals surface area contributed by atoms with Crippen LogP contribution in [0.1, 0.15) is 58.0 Å². The Morgan fingerprint density at radius 1 is 0.913 bits per heavy atom. The molecule has 0 bridgehead atoms. The zero-order valence-corrected chi connectivity index (χ0v) is 13.2. The first-order valence-corrected chi connectivity index (χ1v) is 8.00. The van der Waals surface area contributed by atoms with E-state index in [1.54, 1.807) is 36.4 Å². The molecule has 1 aliphatic carbocycles. The van der Waals surface area contributed by atoms with Gasteiger partial charge in [-0.3, -0.25) is 9.59 Å². The number of ketones is 2. The van der Waals surface area contributed by atoms with Crippen LogP contribution in [0.2, 0.25) is 0 Å². The first-order chi connectivity index (χ1) is 11.1. The van der Waals surface area contributed by atoms with E-state index in [1.807, 2.05) is 0 Å². The maximum absolute atomic E-state index is 12.9. The molecule has 2 aromatic rings. The van der Waals surface area contributed by atoms with E-state index < -0.39 is 0 Å². The highest BCUT2D eigenvalue weighted by atomic mass is 16.1. The molecule has 4 heteroatoms. The smallest absolute Gasteiger partial charge is 0.196 e. The van der Waals surface area contributed by atoms with Crippen molar-refractivity contribution in [3.63, 3.8) is 0 Å². The number of carbonyl (C=O) groups excluding carboxylic acids is 2. The van der Waals surface area contributed by atoms with Gasteiger partial charge in [0.05, 0.1) is 11.1 Å². The Balaban J connectivity index is 2.04. The second-order valence-electron chi connectivity index (χ2n) is 5.79. The summed E-state index contributed by atoms with van der Waals surface area (Å²) in [6.45, 7) is 2.91. The Morgan fingerprint density at radius 2 is 1.57 bits per heavy atom. The molecule has 0 fully saturated rings. The van der Waals surface area contributed by atoms with Gasteiger partial charge >= 0.3 is 0 Å². The molecule has 3 N–H and O–H groups in total. The quantitative estimate of drug-likeness (QED) is 0.557. The third-order valence-corrected chi connectivity index (χ3v) is 4.20. The van der Waals surface area contributed by atoms with Crippen molar-refractivity contribution in [2.24, 2.45) is 0 Å². The highest BCUT2D eigenvalue weighted by molar-refractivity contribution is 6.31. The standard InChI is InChI=1S/C19H20N2O2/c1-2-3-6-11-21-15-10-9-14(20)16-17(15)19(23)13-8-5-4-7-12(13)18(16)22/h4-5,7-10,21H,2-3,6,11,20H2,1H3. The van der Waals surface area contributed by atoms with Gasteiger partial charge in [0.25, 0.3) is 0 Å². The molecule has 0 saturated carbocycles. The third kappa shape index (κ3) is 2.61. The lowest BCUT2D eigenvalue weighted by atomic mass is 9.82. The summed E-state index contributed by atoms with van der Waals surface area (Å²) in [5.41, 5.74) is 8.66. The number of carbonyl (C=O) groups is 2. The molecular weight excluding hydrogens is 288 g/mol. The van der Waals surface area contributed by atoms with Gasteiger partial charge in [-0.1, -0.05) is 44.0 Å². The summed E-state index contributed by atoms with van der Waals surface area (Å²) in [7, 11) is 0. The van der Waals surface area contributed by atoms with Gasteiger partial charge in [0, 0.05) is 29.0 Å². The average Bonchev–Trinajstić information content (AvgIpc) is 2.57. The molecule has 1 aliphatic rings. The number of rotatable bonds is 5. The van der Waals surface area contributed by atoms with Crippen LogP contribution >= 0.6 is 0 Å². The van der Waals surface area contributed by atoms with E-state index in [-0.39, 0.29) is 11.6 Å². The molecule has 2 aromatic carbocycles. The molecule has 118 valence electrons. The number of fused-ring (bicyclic) bond motifs is 2. The second kappa shape index (κ2) is 6.24. The van der Waals surface area contributed by atoms with Crippen LogP contribution < -0.4 is 11.1 Å². The van der Waals surface area contributed by atoms with Crippen LogP contribution in [0.4, 0.5) is 11.4 Å². The number of anilines is 2. The maximum atomic E-state index is 12.9. The normalized spacial score (nSPS) is 12.7. The zero-order valence-electron chi connectivity index (χ0n) is 13.2. The highest BCUT2D eigenvalue weighted by Gasteiger charge is 2.33. The molecule has 0 heterocycles. The number of nitrogen functional groups attached to an aromatic ring is 1. The van der Waals surface area contributed by atoms with Gasteiger partial charge in [-0.15, -0.1) is 0 Å². The van der Waals surface area contributed by atoms with Crippen LogP contribution in [0.3, 0.4) is 0 Å². The summed E-state index contributed by atoms with van der Waals surface area (Å²) in [5, 5.41) is 3.29. The lowest BCUT2D eigenvalue weighted by Gasteiger charge is -2.22. The predicted octanol–water partition coefficient (Wildman–Crippen LogP) is 3.65. The minimum atomic E-state index is -0.176. The Kier molecular flexibility index (Phi) is 4.15. The molecule has 3 rings (SSSR count). The lowest BCUT2D eigenvalue weighted by molar-refractivity contribution is 0.0980. The molecule has 0 unspecified atom stereocenters. The van der Waals surface area contributed by atoms with Crippen molar-refractivity contribution < 1.29 is 9.59 Å². The molecule has 0 spiro atoms. The number of benzene rings is 2. The summed E-state index contributed by atoms with van der Waals surface area (Å²) in [4.78, 5) is 25.6. The number of unbranched alkanes of at least 4 members (excludes halogenated alkanes) is 2. The fourth-order valence-corrected chi connectivity index (χ4v) is 2.99. The fraction of sp³-hybridized carbons (Fsp3) is 0.263. The van der Waals surface area contributed by atoms with Crippen LogP contribution in [0.15, 0.2) is 36.4 Å². The number of nitrogens with two attached hydrogens (primary N) is 1. The maximum Gasteiger partial charge on any atom is 0.196 e. The molecule has 0 aromatic heterocycles. The molecule has 0 aliphatic heterocycles. The Labute approximate surface area is 135 Å². The second-order valence-corrected chi connectivity index (χ2v) is 5.79. The van der Waals surface area contributed by atoms with Gasteiger partial charge in [-0.05, 0) is 18.6 Å². The summed E-state index contributed by atoms with van der Waals surface area (Å²) in [6, 6.07) is 10.4. The van der Waals surface area contributed by atoms with Crippen molar-refractivity contribution in [2.75, 3.05) is 17.6 Å². The monoisotopic (exact) mass is 308 g/mol. The molecule has 0 saturated heterocycles. The highest BCUT2D eigenvalue weighted by Crippen LogP contribution is 2.35. The van der Waals surface area contributed by atoms with Crippen LogP contribution in [-0.2, 0) is 0 Å². The minimum absolute atomic E-state index is 0.138. The molecule has 0 atom stereocenters. The SMILES string of the molecule is CCCCCNc1ccc(N)c2c1C(=O)c1ccccc1C2=O. The van der Waals surface area contributed by atoms with Crippen molar-refractivity contribution in [2.45, 2.75) is 26.2 Å².